The van der Waals surface area contributed by atoms with Gasteiger partial charge in [0, 0.05) is 19.2 Å². The molecule has 3 rings (SSSR count). The van der Waals surface area contributed by atoms with Crippen LogP contribution in [0.2, 0.25) is 0 Å². The van der Waals surface area contributed by atoms with Crippen LogP contribution in [0.5, 0.6) is 17.2 Å². The van der Waals surface area contributed by atoms with Gasteiger partial charge in [0.1, 0.15) is 0 Å². The van der Waals surface area contributed by atoms with E-state index in [4.69, 9.17) is 14.2 Å². The molecule has 28 heavy (non-hydrogen) atoms. The van der Waals surface area contributed by atoms with Gasteiger partial charge in [-0.15, -0.1) is 0 Å². The van der Waals surface area contributed by atoms with Crippen LogP contribution in [0.1, 0.15) is 12.0 Å². The third-order valence-corrected chi connectivity index (χ3v) is 5.57. The number of rotatable bonds is 6. The standard InChI is InChI=1S/C19H22N2O6S/c1-25-14-8-12(9-15(26-2)18(14)27-3)4-5-16(22)20-7-6-13(10-20)21-17(23)11-28-19(21)24/h4-5,8-9,13H,6-7,10-11H2,1-3H3/b5-4+. The van der Waals surface area contributed by atoms with E-state index in [-0.39, 0.29) is 28.8 Å². The molecule has 2 heterocycles. The van der Waals surface area contributed by atoms with Crippen LogP contribution in [-0.4, -0.2) is 73.1 Å². The zero-order chi connectivity index (χ0) is 20.3. The molecule has 2 aliphatic rings. The molecule has 0 N–H and O–H groups in total. The first-order valence-electron chi connectivity index (χ1n) is 8.74. The lowest BCUT2D eigenvalue weighted by atomic mass is 10.1. The molecule has 8 nitrogen and oxygen atoms in total. The summed E-state index contributed by atoms with van der Waals surface area (Å²) in [6.07, 6.45) is 3.73. The van der Waals surface area contributed by atoms with Gasteiger partial charge >= 0.3 is 0 Å². The number of carbonyl (C=O) groups excluding carboxylic acids is 3. The number of ether oxygens (including phenoxy) is 3. The van der Waals surface area contributed by atoms with Crippen molar-refractivity contribution in [3.8, 4) is 17.2 Å². The molecule has 1 aromatic rings. The van der Waals surface area contributed by atoms with Gasteiger partial charge in [0.15, 0.2) is 11.5 Å². The maximum atomic E-state index is 12.5. The number of hydrogen-bond donors (Lipinski definition) is 0. The number of benzene rings is 1. The molecule has 2 saturated heterocycles. The van der Waals surface area contributed by atoms with Gasteiger partial charge < -0.3 is 19.1 Å². The summed E-state index contributed by atoms with van der Waals surface area (Å²) in [4.78, 5) is 39.2. The van der Waals surface area contributed by atoms with Crippen molar-refractivity contribution >= 4 is 34.9 Å². The second-order valence-electron chi connectivity index (χ2n) is 6.34. The molecule has 2 fully saturated rings. The average molecular weight is 406 g/mol. The third-order valence-electron chi connectivity index (χ3n) is 4.73. The Labute approximate surface area is 167 Å². The van der Waals surface area contributed by atoms with Gasteiger partial charge in [0.2, 0.25) is 17.6 Å². The van der Waals surface area contributed by atoms with Crippen molar-refractivity contribution < 1.29 is 28.6 Å². The minimum absolute atomic E-state index is 0.178. The predicted molar refractivity (Wildman–Crippen MR) is 105 cm³/mol. The van der Waals surface area contributed by atoms with Gasteiger partial charge in [-0.2, -0.15) is 0 Å². The summed E-state index contributed by atoms with van der Waals surface area (Å²) >= 11 is 1.01. The van der Waals surface area contributed by atoms with Gasteiger partial charge in [-0.1, -0.05) is 11.8 Å². The molecule has 9 heteroatoms. The Hall–Kier alpha value is -2.68. The summed E-state index contributed by atoms with van der Waals surface area (Å²) in [7, 11) is 4.58. The van der Waals surface area contributed by atoms with Crippen molar-refractivity contribution in [2.45, 2.75) is 12.5 Å². The van der Waals surface area contributed by atoms with Gasteiger partial charge in [0.05, 0.1) is 33.1 Å². The molecule has 150 valence electrons. The number of carbonyl (C=O) groups is 3. The summed E-state index contributed by atoms with van der Waals surface area (Å²) in [5.41, 5.74) is 0.722. The number of likely N-dealkylation sites (tertiary alicyclic amines) is 1. The summed E-state index contributed by atoms with van der Waals surface area (Å²) in [5, 5.41) is -0.225. The molecular weight excluding hydrogens is 384 g/mol. The maximum absolute atomic E-state index is 12.5. The Morgan fingerprint density at radius 1 is 1.14 bits per heavy atom. The number of methoxy groups -OCH3 is 3. The zero-order valence-corrected chi connectivity index (χ0v) is 16.8. The van der Waals surface area contributed by atoms with Crippen molar-refractivity contribution in [1.82, 2.24) is 9.80 Å². The van der Waals surface area contributed by atoms with Crippen LogP contribution in [0.15, 0.2) is 18.2 Å². The molecule has 0 radical (unpaired) electrons. The molecule has 2 aliphatic heterocycles. The number of nitrogens with zero attached hydrogens (tertiary/aromatic N) is 2. The number of amides is 3. The first-order valence-corrected chi connectivity index (χ1v) is 9.72. The maximum Gasteiger partial charge on any atom is 0.289 e. The van der Waals surface area contributed by atoms with E-state index in [0.29, 0.717) is 36.8 Å². The molecule has 3 amide bonds. The first kappa shape index (κ1) is 20.1. The van der Waals surface area contributed by atoms with Crippen LogP contribution in [0, 0.1) is 0 Å². The van der Waals surface area contributed by atoms with E-state index in [9.17, 15) is 14.4 Å². The van der Waals surface area contributed by atoms with Gasteiger partial charge in [-0.3, -0.25) is 19.3 Å². The van der Waals surface area contributed by atoms with Crippen molar-refractivity contribution in [1.29, 1.82) is 0 Å². The van der Waals surface area contributed by atoms with Crippen molar-refractivity contribution in [3.63, 3.8) is 0 Å². The van der Waals surface area contributed by atoms with Crippen molar-refractivity contribution in [2.24, 2.45) is 0 Å². The van der Waals surface area contributed by atoms with E-state index in [2.05, 4.69) is 0 Å². The summed E-state index contributed by atoms with van der Waals surface area (Å²) in [6.45, 7) is 0.862. The minimum Gasteiger partial charge on any atom is -0.493 e. The monoisotopic (exact) mass is 406 g/mol. The fraction of sp³-hybridized carbons (Fsp3) is 0.421. The van der Waals surface area contributed by atoms with E-state index in [1.54, 1.807) is 23.1 Å². The molecule has 0 bridgehead atoms. The highest BCUT2D eigenvalue weighted by molar-refractivity contribution is 8.14. The Morgan fingerprint density at radius 2 is 1.82 bits per heavy atom. The SMILES string of the molecule is COc1cc(/C=C/C(=O)N2CCC(N3C(=O)CSC3=O)C2)cc(OC)c1OC. The number of hydrogen-bond acceptors (Lipinski definition) is 7. The van der Waals surface area contributed by atoms with Crippen LogP contribution < -0.4 is 14.2 Å². The number of thioether (sulfide) groups is 1. The molecule has 0 saturated carbocycles. The highest BCUT2D eigenvalue weighted by Crippen LogP contribution is 2.38. The van der Waals surface area contributed by atoms with Crippen molar-refractivity contribution in [2.75, 3.05) is 40.2 Å². The van der Waals surface area contributed by atoms with Gasteiger partial charge in [-0.25, -0.2) is 0 Å². The van der Waals surface area contributed by atoms with Gasteiger partial charge in [0.25, 0.3) is 5.24 Å². The second kappa shape index (κ2) is 8.55. The fourth-order valence-electron chi connectivity index (χ4n) is 3.34. The Kier molecular flexibility index (Phi) is 6.13. The molecular formula is C19H22N2O6S. The lowest BCUT2D eigenvalue weighted by Crippen LogP contribution is -2.41. The van der Waals surface area contributed by atoms with Crippen LogP contribution in [-0.2, 0) is 9.59 Å². The van der Waals surface area contributed by atoms with E-state index < -0.39 is 0 Å². The fourth-order valence-corrected chi connectivity index (χ4v) is 4.12. The molecule has 1 aromatic carbocycles. The highest BCUT2D eigenvalue weighted by Gasteiger charge is 2.39. The van der Waals surface area contributed by atoms with Crippen molar-refractivity contribution in [3.05, 3.63) is 23.8 Å². The summed E-state index contributed by atoms with van der Waals surface area (Å²) in [5.74, 6) is 1.31. The van der Waals surface area contributed by atoms with E-state index in [0.717, 1.165) is 17.3 Å². The third kappa shape index (κ3) is 3.94. The molecule has 1 atom stereocenters. The Balaban J connectivity index is 1.69. The van der Waals surface area contributed by atoms with E-state index >= 15 is 0 Å². The molecule has 1 unspecified atom stereocenters. The average Bonchev–Trinajstić information content (AvgIpc) is 3.31. The predicted octanol–water partition coefficient (Wildman–Crippen LogP) is 2.02. The van der Waals surface area contributed by atoms with E-state index in [1.807, 2.05) is 0 Å². The van der Waals surface area contributed by atoms with Gasteiger partial charge in [-0.05, 0) is 30.2 Å². The second-order valence-corrected chi connectivity index (χ2v) is 7.26. The topological polar surface area (TPSA) is 85.4 Å². The van der Waals surface area contributed by atoms with Crippen LogP contribution >= 0.6 is 11.8 Å². The number of imide groups is 1. The van der Waals surface area contributed by atoms with E-state index in [1.165, 1.54) is 32.3 Å². The Morgan fingerprint density at radius 3 is 2.36 bits per heavy atom. The smallest absolute Gasteiger partial charge is 0.289 e. The molecule has 0 spiro atoms. The molecule has 0 aliphatic carbocycles. The Bertz CT molecular complexity index is 784. The zero-order valence-electron chi connectivity index (χ0n) is 16.0. The van der Waals surface area contributed by atoms with Crippen LogP contribution in [0.25, 0.3) is 6.08 Å². The normalized spacial score (nSPS) is 19.6. The lowest BCUT2D eigenvalue weighted by Gasteiger charge is -2.21. The summed E-state index contributed by atoms with van der Waals surface area (Å²) < 4.78 is 15.9. The van der Waals surface area contributed by atoms with Crippen LogP contribution in [0.3, 0.4) is 0 Å². The van der Waals surface area contributed by atoms with Crippen LogP contribution in [0.4, 0.5) is 4.79 Å². The lowest BCUT2D eigenvalue weighted by molar-refractivity contribution is -0.128. The quantitative estimate of drug-likeness (QED) is 0.668. The largest absolute Gasteiger partial charge is 0.493 e. The first-order chi connectivity index (χ1) is 13.5. The molecule has 0 aromatic heterocycles. The highest BCUT2D eigenvalue weighted by atomic mass is 32.2. The minimum atomic E-state index is -0.242. The summed E-state index contributed by atoms with van der Waals surface area (Å²) in [6, 6.07) is 3.25.